The van der Waals surface area contributed by atoms with Crippen molar-refractivity contribution in [3.63, 3.8) is 0 Å². The lowest BCUT2D eigenvalue weighted by atomic mass is 10.2. The Labute approximate surface area is 118 Å². The standard InChI is InChI=1S/C14H18N2O2S/c1-12(17)16-6-3-8-19-9-7-18-14-5-2-4-13(10-14)11-15/h2,4-5,10H,3,6-9H2,1H3,(H,16,17). The molecule has 0 heterocycles. The van der Waals surface area contributed by atoms with Gasteiger partial charge in [-0.2, -0.15) is 17.0 Å². The number of thioether (sulfide) groups is 1. The zero-order valence-electron chi connectivity index (χ0n) is 11.0. The van der Waals surface area contributed by atoms with Gasteiger partial charge in [-0.25, -0.2) is 0 Å². The molecule has 0 unspecified atom stereocenters. The highest BCUT2D eigenvalue weighted by Gasteiger charge is 1.96. The summed E-state index contributed by atoms with van der Waals surface area (Å²) in [7, 11) is 0. The molecule has 0 radical (unpaired) electrons. The molecule has 0 saturated heterocycles. The van der Waals surface area contributed by atoms with Crippen LogP contribution >= 0.6 is 11.8 Å². The van der Waals surface area contributed by atoms with E-state index in [1.54, 1.807) is 23.9 Å². The van der Waals surface area contributed by atoms with Crippen LogP contribution in [-0.2, 0) is 4.79 Å². The van der Waals surface area contributed by atoms with Crippen LogP contribution in [0.3, 0.4) is 0 Å². The highest BCUT2D eigenvalue weighted by Crippen LogP contribution is 2.13. The molecule has 0 bridgehead atoms. The van der Waals surface area contributed by atoms with E-state index in [9.17, 15) is 4.79 Å². The molecule has 1 rings (SSSR count). The average Bonchev–Trinajstić information content (AvgIpc) is 2.41. The fourth-order valence-corrected chi connectivity index (χ4v) is 2.17. The van der Waals surface area contributed by atoms with E-state index >= 15 is 0 Å². The van der Waals surface area contributed by atoms with Gasteiger partial charge in [0.2, 0.25) is 5.91 Å². The van der Waals surface area contributed by atoms with E-state index in [1.165, 1.54) is 6.92 Å². The quantitative estimate of drug-likeness (QED) is 0.740. The highest BCUT2D eigenvalue weighted by atomic mass is 32.2. The molecule has 0 fully saturated rings. The normalized spacial score (nSPS) is 9.68. The van der Waals surface area contributed by atoms with Crippen molar-refractivity contribution in [3.05, 3.63) is 29.8 Å². The number of carbonyl (C=O) groups is 1. The number of nitrogens with one attached hydrogen (secondary N) is 1. The molecule has 5 heteroatoms. The maximum Gasteiger partial charge on any atom is 0.216 e. The van der Waals surface area contributed by atoms with E-state index in [-0.39, 0.29) is 5.91 Å². The number of hydrogen-bond acceptors (Lipinski definition) is 4. The van der Waals surface area contributed by atoms with Gasteiger partial charge >= 0.3 is 0 Å². The summed E-state index contributed by atoms with van der Waals surface area (Å²) in [5.41, 5.74) is 0.612. The van der Waals surface area contributed by atoms with E-state index in [2.05, 4.69) is 11.4 Å². The Morgan fingerprint density at radius 1 is 1.47 bits per heavy atom. The molecule has 1 N–H and O–H groups in total. The molecule has 0 spiro atoms. The maximum atomic E-state index is 10.6. The third kappa shape index (κ3) is 7.37. The minimum absolute atomic E-state index is 0.0192. The number of benzene rings is 1. The molecule has 0 aromatic heterocycles. The summed E-state index contributed by atoms with van der Waals surface area (Å²) < 4.78 is 5.55. The minimum Gasteiger partial charge on any atom is -0.493 e. The number of carbonyl (C=O) groups excluding carboxylic acids is 1. The fraction of sp³-hybridized carbons (Fsp3) is 0.429. The molecule has 0 aliphatic rings. The first-order chi connectivity index (χ1) is 9.22. The fourth-order valence-electron chi connectivity index (χ4n) is 1.41. The van der Waals surface area contributed by atoms with Crippen LogP contribution in [0, 0.1) is 11.3 Å². The van der Waals surface area contributed by atoms with Gasteiger partial charge in [-0.15, -0.1) is 0 Å². The van der Waals surface area contributed by atoms with Crippen molar-refractivity contribution in [1.29, 1.82) is 5.26 Å². The molecule has 102 valence electrons. The Hall–Kier alpha value is -1.67. The van der Waals surface area contributed by atoms with Gasteiger partial charge in [0, 0.05) is 19.2 Å². The summed E-state index contributed by atoms with van der Waals surface area (Å²) in [5, 5.41) is 11.5. The third-order valence-corrected chi connectivity index (χ3v) is 3.33. The van der Waals surface area contributed by atoms with Crippen molar-refractivity contribution < 1.29 is 9.53 Å². The van der Waals surface area contributed by atoms with Gasteiger partial charge in [0.15, 0.2) is 0 Å². The molecule has 0 aliphatic heterocycles. The zero-order valence-corrected chi connectivity index (χ0v) is 11.8. The number of nitrogens with zero attached hydrogens (tertiary/aromatic N) is 1. The van der Waals surface area contributed by atoms with Gasteiger partial charge < -0.3 is 10.1 Å². The number of amides is 1. The molecule has 0 saturated carbocycles. The summed E-state index contributed by atoms with van der Waals surface area (Å²) in [4.78, 5) is 10.6. The molecule has 0 aliphatic carbocycles. The predicted molar refractivity (Wildman–Crippen MR) is 77.3 cm³/mol. The molecule has 4 nitrogen and oxygen atoms in total. The Bertz CT molecular complexity index is 443. The summed E-state index contributed by atoms with van der Waals surface area (Å²) in [5.74, 6) is 2.65. The van der Waals surface area contributed by atoms with Gasteiger partial charge in [-0.05, 0) is 30.4 Å². The summed E-state index contributed by atoms with van der Waals surface area (Å²) in [6, 6.07) is 9.24. The van der Waals surface area contributed by atoms with E-state index in [0.717, 1.165) is 30.2 Å². The van der Waals surface area contributed by atoms with Crippen molar-refractivity contribution in [1.82, 2.24) is 5.32 Å². The van der Waals surface area contributed by atoms with E-state index in [4.69, 9.17) is 10.00 Å². The van der Waals surface area contributed by atoms with Crippen molar-refractivity contribution in [3.8, 4) is 11.8 Å². The first-order valence-electron chi connectivity index (χ1n) is 6.17. The Kier molecular flexibility index (Phi) is 7.52. The molecular weight excluding hydrogens is 260 g/mol. The van der Waals surface area contributed by atoms with Crippen LogP contribution in [0.5, 0.6) is 5.75 Å². The van der Waals surface area contributed by atoms with E-state index in [1.807, 2.05) is 12.1 Å². The molecule has 1 aromatic rings. The molecule has 1 amide bonds. The second kappa shape index (κ2) is 9.29. The summed E-state index contributed by atoms with van der Waals surface area (Å²) in [6.45, 7) is 2.88. The van der Waals surface area contributed by atoms with Crippen molar-refractivity contribution in [2.75, 3.05) is 24.7 Å². The number of hydrogen-bond donors (Lipinski definition) is 1. The average molecular weight is 278 g/mol. The van der Waals surface area contributed by atoms with Gasteiger partial charge in [-0.1, -0.05) is 6.07 Å². The van der Waals surface area contributed by atoms with E-state index < -0.39 is 0 Å². The van der Waals surface area contributed by atoms with Gasteiger partial charge in [0.25, 0.3) is 0 Å². The number of ether oxygens (including phenoxy) is 1. The van der Waals surface area contributed by atoms with Crippen LogP contribution in [0.1, 0.15) is 18.9 Å². The highest BCUT2D eigenvalue weighted by molar-refractivity contribution is 7.99. The third-order valence-electron chi connectivity index (χ3n) is 2.30. The topological polar surface area (TPSA) is 62.1 Å². The molecular formula is C14H18N2O2S. The lowest BCUT2D eigenvalue weighted by Crippen LogP contribution is -2.21. The predicted octanol–water partition coefficient (Wildman–Crippen LogP) is 2.20. The first-order valence-corrected chi connectivity index (χ1v) is 7.33. The van der Waals surface area contributed by atoms with Gasteiger partial charge in [0.1, 0.15) is 5.75 Å². The Morgan fingerprint density at radius 2 is 2.32 bits per heavy atom. The first kappa shape index (κ1) is 15.4. The van der Waals surface area contributed by atoms with Crippen LogP contribution in [0.2, 0.25) is 0 Å². The van der Waals surface area contributed by atoms with Crippen LogP contribution in [0.25, 0.3) is 0 Å². The van der Waals surface area contributed by atoms with Gasteiger partial charge in [0.05, 0.1) is 18.2 Å². The van der Waals surface area contributed by atoms with Crippen molar-refractivity contribution in [2.45, 2.75) is 13.3 Å². The molecule has 0 atom stereocenters. The van der Waals surface area contributed by atoms with E-state index in [0.29, 0.717) is 12.2 Å². The second-order valence-electron chi connectivity index (χ2n) is 3.94. The number of rotatable bonds is 8. The largest absolute Gasteiger partial charge is 0.493 e. The minimum atomic E-state index is 0.0192. The summed E-state index contributed by atoms with van der Waals surface area (Å²) >= 11 is 1.79. The Balaban J connectivity index is 2.04. The Morgan fingerprint density at radius 3 is 3.05 bits per heavy atom. The maximum absolute atomic E-state index is 10.6. The molecule has 1 aromatic carbocycles. The van der Waals surface area contributed by atoms with Crippen molar-refractivity contribution in [2.24, 2.45) is 0 Å². The van der Waals surface area contributed by atoms with Crippen LogP contribution in [0.4, 0.5) is 0 Å². The SMILES string of the molecule is CC(=O)NCCCSCCOc1cccc(C#N)c1. The molecule has 19 heavy (non-hydrogen) atoms. The monoisotopic (exact) mass is 278 g/mol. The van der Waals surface area contributed by atoms with Gasteiger partial charge in [-0.3, -0.25) is 4.79 Å². The van der Waals surface area contributed by atoms with Crippen LogP contribution in [-0.4, -0.2) is 30.6 Å². The summed E-state index contributed by atoms with van der Waals surface area (Å²) in [6.07, 6.45) is 0.966. The lowest BCUT2D eigenvalue weighted by Gasteiger charge is -2.06. The van der Waals surface area contributed by atoms with Crippen LogP contribution in [0.15, 0.2) is 24.3 Å². The second-order valence-corrected chi connectivity index (χ2v) is 5.16. The van der Waals surface area contributed by atoms with Crippen molar-refractivity contribution >= 4 is 17.7 Å². The smallest absolute Gasteiger partial charge is 0.216 e. The lowest BCUT2D eigenvalue weighted by molar-refractivity contribution is -0.118. The number of nitriles is 1. The van der Waals surface area contributed by atoms with Crippen LogP contribution < -0.4 is 10.1 Å². The zero-order chi connectivity index (χ0) is 13.9.